The molecular weight excluding hydrogens is 336 g/mol. The Morgan fingerprint density at radius 2 is 1.96 bits per heavy atom. The predicted molar refractivity (Wildman–Crippen MR) is 88.9 cm³/mol. The lowest BCUT2D eigenvalue weighted by atomic mass is 9.94. The zero-order valence-electron chi connectivity index (χ0n) is 13.5. The molecule has 0 saturated heterocycles. The van der Waals surface area contributed by atoms with Crippen LogP contribution in [0, 0.1) is 12.3 Å². The van der Waals surface area contributed by atoms with E-state index in [1.165, 1.54) is 24.3 Å². The number of hydrogen-bond donors (Lipinski definition) is 1. The second-order valence-electron chi connectivity index (χ2n) is 4.93. The maximum atomic E-state index is 12.5. The number of carbonyl (C=O) groups is 2. The standard InChI is InChI=1S/C17H19F2NO3S/c1-4-17(5-2,6-3)20-14(21)11-23-15(22)12-9-7-8-10-13(12)24-16(18)19/h1,7-10,16H,5-6,11H2,2-3H3,(H,20,21). The third-order valence-corrected chi connectivity index (χ3v) is 4.31. The minimum Gasteiger partial charge on any atom is -0.452 e. The second kappa shape index (κ2) is 9.28. The first kappa shape index (κ1) is 20.0. The molecule has 0 aliphatic rings. The van der Waals surface area contributed by atoms with Gasteiger partial charge in [0.2, 0.25) is 0 Å². The Morgan fingerprint density at radius 3 is 2.50 bits per heavy atom. The van der Waals surface area contributed by atoms with E-state index in [0.717, 1.165) is 0 Å². The number of terminal acetylenes is 1. The van der Waals surface area contributed by atoms with Crippen LogP contribution in [0.2, 0.25) is 0 Å². The van der Waals surface area contributed by atoms with E-state index < -0.39 is 29.8 Å². The van der Waals surface area contributed by atoms with Crippen molar-refractivity contribution in [1.82, 2.24) is 5.32 Å². The Labute approximate surface area is 144 Å². The van der Waals surface area contributed by atoms with Gasteiger partial charge in [-0.2, -0.15) is 8.78 Å². The van der Waals surface area contributed by atoms with Gasteiger partial charge in [0.25, 0.3) is 11.7 Å². The molecule has 0 aromatic heterocycles. The minimum atomic E-state index is -2.66. The molecule has 0 aliphatic heterocycles. The van der Waals surface area contributed by atoms with Crippen molar-refractivity contribution in [3.63, 3.8) is 0 Å². The number of benzene rings is 1. The Morgan fingerprint density at radius 1 is 1.33 bits per heavy atom. The summed E-state index contributed by atoms with van der Waals surface area (Å²) in [5.41, 5.74) is -0.794. The maximum absolute atomic E-state index is 12.5. The Kier molecular flexibility index (Phi) is 7.72. The van der Waals surface area contributed by atoms with Crippen LogP contribution in [-0.4, -0.2) is 29.8 Å². The van der Waals surface area contributed by atoms with Crippen LogP contribution in [0.15, 0.2) is 29.2 Å². The van der Waals surface area contributed by atoms with E-state index >= 15 is 0 Å². The highest BCUT2D eigenvalue weighted by Crippen LogP contribution is 2.28. The molecular formula is C17H19F2NO3S. The molecule has 0 spiro atoms. The van der Waals surface area contributed by atoms with Gasteiger partial charge in [0.05, 0.1) is 5.56 Å². The predicted octanol–water partition coefficient (Wildman–Crippen LogP) is 3.47. The van der Waals surface area contributed by atoms with Crippen molar-refractivity contribution in [1.29, 1.82) is 0 Å². The van der Waals surface area contributed by atoms with Crippen LogP contribution in [0.1, 0.15) is 37.0 Å². The summed E-state index contributed by atoms with van der Waals surface area (Å²) in [4.78, 5) is 24.0. The van der Waals surface area contributed by atoms with E-state index in [2.05, 4.69) is 11.2 Å². The monoisotopic (exact) mass is 355 g/mol. The number of hydrogen-bond acceptors (Lipinski definition) is 4. The lowest BCUT2D eigenvalue weighted by Gasteiger charge is -2.26. The lowest BCUT2D eigenvalue weighted by molar-refractivity contribution is -0.125. The Hall–Kier alpha value is -2.07. The fraction of sp³-hybridized carbons (Fsp3) is 0.412. The summed E-state index contributed by atoms with van der Waals surface area (Å²) in [6.45, 7) is 3.15. The summed E-state index contributed by atoms with van der Waals surface area (Å²) < 4.78 is 29.9. The number of esters is 1. The largest absolute Gasteiger partial charge is 0.452 e. The summed E-state index contributed by atoms with van der Waals surface area (Å²) in [5, 5.41) is 2.66. The van der Waals surface area contributed by atoms with Crippen molar-refractivity contribution in [2.45, 2.75) is 42.9 Å². The zero-order chi connectivity index (χ0) is 18.2. The molecule has 0 unspecified atom stereocenters. The number of ether oxygens (including phenoxy) is 1. The molecule has 0 fully saturated rings. The smallest absolute Gasteiger partial charge is 0.339 e. The summed E-state index contributed by atoms with van der Waals surface area (Å²) in [6.07, 6.45) is 6.51. The van der Waals surface area contributed by atoms with Crippen LogP contribution in [0.4, 0.5) is 8.78 Å². The van der Waals surface area contributed by atoms with E-state index in [0.29, 0.717) is 12.8 Å². The van der Waals surface area contributed by atoms with E-state index in [1.807, 2.05) is 13.8 Å². The summed E-state index contributed by atoms with van der Waals surface area (Å²) >= 11 is 0.247. The molecule has 1 amide bonds. The van der Waals surface area contributed by atoms with E-state index in [1.54, 1.807) is 0 Å². The number of amides is 1. The first-order valence-electron chi connectivity index (χ1n) is 7.37. The number of thioether (sulfide) groups is 1. The fourth-order valence-electron chi connectivity index (χ4n) is 2.01. The van der Waals surface area contributed by atoms with Crippen LogP contribution in [0.5, 0.6) is 0 Å². The van der Waals surface area contributed by atoms with Crippen LogP contribution in [0.25, 0.3) is 0 Å². The van der Waals surface area contributed by atoms with E-state index in [-0.39, 0.29) is 22.2 Å². The van der Waals surface area contributed by atoms with Gasteiger partial charge in [0.1, 0.15) is 5.54 Å². The Balaban J connectivity index is 2.70. The molecule has 130 valence electrons. The van der Waals surface area contributed by atoms with Crippen molar-refractivity contribution >= 4 is 23.6 Å². The fourth-order valence-corrected chi connectivity index (χ4v) is 2.64. The highest BCUT2D eigenvalue weighted by Gasteiger charge is 2.26. The third kappa shape index (κ3) is 5.53. The van der Waals surface area contributed by atoms with Crippen LogP contribution in [0.3, 0.4) is 0 Å². The number of carbonyl (C=O) groups excluding carboxylic acids is 2. The van der Waals surface area contributed by atoms with Gasteiger partial charge in [0.15, 0.2) is 6.61 Å². The van der Waals surface area contributed by atoms with Gasteiger partial charge in [-0.3, -0.25) is 4.79 Å². The topological polar surface area (TPSA) is 55.4 Å². The molecule has 24 heavy (non-hydrogen) atoms. The van der Waals surface area contributed by atoms with Crippen molar-refractivity contribution in [3.05, 3.63) is 29.8 Å². The van der Waals surface area contributed by atoms with Crippen molar-refractivity contribution in [3.8, 4) is 12.3 Å². The minimum absolute atomic E-state index is 0.00945. The zero-order valence-corrected chi connectivity index (χ0v) is 14.3. The molecule has 0 aliphatic carbocycles. The molecule has 1 rings (SSSR count). The summed E-state index contributed by atoms with van der Waals surface area (Å²) in [7, 11) is 0. The highest BCUT2D eigenvalue weighted by molar-refractivity contribution is 7.99. The highest BCUT2D eigenvalue weighted by atomic mass is 32.2. The van der Waals surface area contributed by atoms with Crippen molar-refractivity contribution < 1.29 is 23.1 Å². The maximum Gasteiger partial charge on any atom is 0.339 e. The third-order valence-electron chi connectivity index (χ3n) is 3.52. The number of alkyl halides is 2. The van der Waals surface area contributed by atoms with Gasteiger partial charge in [-0.05, 0) is 25.0 Å². The molecule has 0 atom stereocenters. The molecule has 0 saturated carbocycles. The van der Waals surface area contributed by atoms with Crippen molar-refractivity contribution in [2.24, 2.45) is 0 Å². The van der Waals surface area contributed by atoms with Gasteiger partial charge in [-0.25, -0.2) is 4.79 Å². The molecule has 1 aromatic carbocycles. The number of halogens is 2. The van der Waals surface area contributed by atoms with E-state index in [4.69, 9.17) is 11.2 Å². The van der Waals surface area contributed by atoms with E-state index in [9.17, 15) is 18.4 Å². The van der Waals surface area contributed by atoms with Crippen LogP contribution >= 0.6 is 11.8 Å². The average Bonchev–Trinajstić information content (AvgIpc) is 2.57. The summed E-state index contributed by atoms with van der Waals surface area (Å²) in [6, 6.07) is 5.83. The normalized spacial score (nSPS) is 11.0. The van der Waals surface area contributed by atoms with Crippen molar-refractivity contribution in [2.75, 3.05) is 6.61 Å². The number of nitrogens with one attached hydrogen (secondary N) is 1. The molecule has 4 nitrogen and oxygen atoms in total. The average molecular weight is 355 g/mol. The molecule has 0 radical (unpaired) electrons. The van der Waals surface area contributed by atoms with Crippen LogP contribution < -0.4 is 5.32 Å². The van der Waals surface area contributed by atoms with Gasteiger partial charge in [0, 0.05) is 4.90 Å². The van der Waals surface area contributed by atoms with Crippen LogP contribution in [-0.2, 0) is 9.53 Å². The Bertz CT molecular complexity index is 625. The lowest BCUT2D eigenvalue weighted by Crippen LogP contribution is -2.48. The van der Waals surface area contributed by atoms with Gasteiger partial charge < -0.3 is 10.1 Å². The molecule has 1 N–H and O–H groups in total. The SMILES string of the molecule is C#CC(CC)(CC)NC(=O)COC(=O)c1ccccc1SC(F)F. The van der Waals surface area contributed by atoms with Gasteiger partial charge >= 0.3 is 5.97 Å². The van der Waals surface area contributed by atoms with Gasteiger partial charge in [-0.1, -0.05) is 43.7 Å². The van der Waals surface area contributed by atoms with Gasteiger partial charge in [-0.15, -0.1) is 6.42 Å². The second-order valence-corrected chi connectivity index (χ2v) is 5.96. The first-order valence-corrected chi connectivity index (χ1v) is 8.25. The molecule has 0 bridgehead atoms. The molecule has 7 heteroatoms. The number of rotatable bonds is 8. The molecule has 0 heterocycles. The molecule has 1 aromatic rings. The quantitative estimate of drug-likeness (QED) is 0.441. The first-order chi connectivity index (χ1) is 11.4. The summed E-state index contributed by atoms with van der Waals surface area (Å²) in [5.74, 6) is -1.50.